The van der Waals surface area contributed by atoms with Crippen LogP contribution in [0.4, 0.5) is 11.4 Å². The largest absolute Gasteiger partial charge is 0.321 e. The number of rotatable bonds is 4. The average Bonchev–Trinajstić information content (AvgIpc) is 2.86. The molecule has 0 N–H and O–H groups in total. The lowest BCUT2D eigenvalue weighted by molar-refractivity contribution is 0.482. The van der Waals surface area contributed by atoms with E-state index in [9.17, 15) is 0 Å². The maximum atomic E-state index is 4.80. The van der Waals surface area contributed by atoms with Crippen LogP contribution in [0.15, 0.2) is 120 Å². The molecule has 0 spiro atoms. The first kappa shape index (κ1) is 23.8. The summed E-state index contributed by atoms with van der Waals surface area (Å²) in [5.74, 6) is 0. The van der Waals surface area contributed by atoms with Crippen molar-refractivity contribution >= 4 is 81.4 Å². The van der Waals surface area contributed by atoms with E-state index in [1.54, 1.807) is 0 Å². The maximum Gasteiger partial charge on any atom is 0.172 e. The van der Waals surface area contributed by atoms with Crippen molar-refractivity contribution in [2.24, 2.45) is 4.99 Å². The summed E-state index contributed by atoms with van der Waals surface area (Å²) in [5, 5.41) is 0. The molecule has 3 nitrogen and oxygen atoms in total. The van der Waals surface area contributed by atoms with Gasteiger partial charge in [0.15, 0.2) is 5.66 Å². The summed E-state index contributed by atoms with van der Waals surface area (Å²) in [5.41, 5.74) is 3.71. The molecule has 0 saturated carbocycles. The monoisotopic (exact) mass is 701 g/mol. The summed E-state index contributed by atoms with van der Waals surface area (Å²) >= 11 is 14.4. The van der Waals surface area contributed by atoms with Crippen molar-refractivity contribution in [1.29, 1.82) is 0 Å². The minimum Gasteiger partial charge on any atom is -0.321 e. The van der Waals surface area contributed by atoms with Gasteiger partial charge in [-0.25, -0.2) is 0 Å². The van der Waals surface area contributed by atoms with Gasteiger partial charge in [-0.05, 0) is 72.8 Å². The van der Waals surface area contributed by atoms with Crippen LogP contribution in [0.3, 0.4) is 0 Å². The predicted molar refractivity (Wildman–Crippen MR) is 156 cm³/mol. The zero-order chi connectivity index (χ0) is 23.7. The lowest BCUT2D eigenvalue weighted by Gasteiger charge is -2.53. The molecular weight excluding hydrogens is 686 g/mol. The van der Waals surface area contributed by atoms with Gasteiger partial charge in [0.2, 0.25) is 0 Å². The van der Waals surface area contributed by atoms with E-state index in [1.807, 2.05) is 6.34 Å². The molecule has 170 valence electrons. The van der Waals surface area contributed by atoms with Gasteiger partial charge in [-0.15, -0.1) is 0 Å². The van der Waals surface area contributed by atoms with Crippen molar-refractivity contribution in [2.75, 3.05) is 16.5 Å². The summed E-state index contributed by atoms with van der Waals surface area (Å²) in [6.45, 7) is 0.515. The summed E-state index contributed by atoms with van der Waals surface area (Å²) in [7, 11) is 0. The first-order valence-corrected chi connectivity index (χ1v) is 13.8. The first-order chi connectivity index (χ1) is 16.5. The average molecular weight is 705 g/mol. The zero-order valence-corrected chi connectivity index (χ0v) is 24.2. The summed E-state index contributed by atoms with van der Waals surface area (Å²) < 4.78 is 4.15. The summed E-state index contributed by atoms with van der Waals surface area (Å²) in [4.78, 5) is 9.42. The van der Waals surface area contributed by atoms with E-state index in [-0.39, 0.29) is 0 Å². The van der Waals surface area contributed by atoms with Gasteiger partial charge in [0, 0.05) is 40.4 Å². The molecular formula is C27H19Br4N3. The number of hydrogen-bond donors (Lipinski definition) is 0. The standard InChI is InChI=1S/C27H19Br4N3/c28-21-5-1-19(2-6-21)27(20-3-7-22(29)8-4-20)33(25-13-9-23(30)10-14-25)17-32-18-34(27)26-15-11-24(31)12-16-26/h1-17H,18H2. The van der Waals surface area contributed by atoms with Crippen LogP contribution in [0.2, 0.25) is 0 Å². The topological polar surface area (TPSA) is 18.8 Å². The molecule has 1 heterocycles. The van der Waals surface area contributed by atoms with Crippen molar-refractivity contribution in [2.45, 2.75) is 5.66 Å². The highest BCUT2D eigenvalue weighted by molar-refractivity contribution is 9.11. The Balaban J connectivity index is 1.84. The highest BCUT2D eigenvalue weighted by atomic mass is 79.9. The van der Waals surface area contributed by atoms with Gasteiger partial charge in [-0.2, -0.15) is 0 Å². The van der Waals surface area contributed by atoms with E-state index in [4.69, 9.17) is 4.99 Å². The molecule has 0 amide bonds. The molecule has 0 fully saturated rings. The molecule has 1 aliphatic heterocycles. The molecule has 7 heteroatoms. The van der Waals surface area contributed by atoms with Gasteiger partial charge in [0.1, 0.15) is 6.67 Å². The summed E-state index contributed by atoms with van der Waals surface area (Å²) in [6.07, 6.45) is 1.96. The van der Waals surface area contributed by atoms with E-state index in [0.29, 0.717) is 6.67 Å². The van der Waals surface area contributed by atoms with Crippen molar-refractivity contribution < 1.29 is 0 Å². The second kappa shape index (κ2) is 9.97. The van der Waals surface area contributed by atoms with Crippen molar-refractivity contribution in [1.82, 2.24) is 0 Å². The SMILES string of the molecule is Brc1ccc(N2C=NCN(c3ccc(Br)cc3)C2(c2ccc(Br)cc2)c2ccc(Br)cc2)cc1. The predicted octanol–water partition coefficient (Wildman–Crippen LogP) is 8.95. The fourth-order valence-electron chi connectivity index (χ4n) is 4.38. The Hall–Kier alpha value is -1.93. The number of nitrogens with zero attached hydrogens (tertiary/aromatic N) is 3. The number of hydrogen-bond acceptors (Lipinski definition) is 3. The second-order valence-electron chi connectivity index (χ2n) is 7.88. The Kier molecular flexibility index (Phi) is 6.98. The van der Waals surface area contributed by atoms with Crippen LogP contribution in [0.25, 0.3) is 0 Å². The molecule has 0 atom stereocenters. The van der Waals surface area contributed by atoms with Crippen molar-refractivity contribution in [3.63, 3.8) is 0 Å². The fraction of sp³-hybridized carbons (Fsp3) is 0.0741. The molecule has 0 aliphatic carbocycles. The van der Waals surface area contributed by atoms with Gasteiger partial charge in [-0.3, -0.25) is 4.99 Å². The fourth-order valence-corrected chi connectivity index (χ4v) is 5.44. The molecule has 0 unspecified atom stereocenters. The van der Waals surface area contributed by atoms with Crippen molar-refractivity contribution in [3.8, 4) is 0 Å². The third-order valence-corrected chi connectivity index (χ3v) is 8.01. The number of aliphatic imine (C=N–C) groups is 1. The molecule has 34 heavy (non-hydrogen) atoms. The van der Waals surface area contributed by atoms with Crippen LogP contribution in [-0.2, 0) is 5.66 Å². The molecule has 0 bridgehead atoms. The minimum absolute atomic E-state index is 0.515. The third kappa shape index (κ3) is 4.39. The van der Waals surface area contributed by atoms with E-state index in [1.165, 1.54) is 0 Å². The second-order valence-corrected chi connectivity index (χ2v) is 11.5. The molecule has 0 radical (unpaired) electrons. The number of benzene rings is 4. The molecule has 5 rings (SSSR count). The minimum atomic E-state index is -0.676. The van der Waals surface area contributed by atoms with Gasteiger partial charge in [0.25, 0.3) is 0 Å². The van der Waals surface area contributed by atoms with Gasteiger partial charge < -0.3 is 9.80 Å². The molecule has 1 aliphatic rings. The van der Waals surface area contributed by atoms with Crippen LogP contribution >= 0.6 is 63.7 Å². The zero-order valence-electron chi connectivity index (χ0n) is 17.9. The molecule has 0 saturated heterocycles. The number of anilines is 2. The van der Waals surface area contributed by atoms with Crippen LogP contribution in [0.5, 0.6) is 0 Å². The highest BCUT2D eigenvalue weighted by Gasteiger charge is 2.47. The lowest BCUT2D eigenvalue weighted by Crippen LogP contribution is -2.61. The van der Waals surface area contributed by atoms with E-state index in [2.05, 4.69) is 171 Å². The molecule has 4 aromatic carbocycles. The van der Waals surface area contributed by atoms with E-state index < -0.39 is 5.66 Å². The van der Waals surface area contributed by atoms with Crippen molar-refractivity contribution in [3.05, 3.63) is 126 Å². The smallest absolute Gasteiger partial charge is 0.172 e. The van der Waals surface area contributed by atoms with Crippen LogP contribution in [0.1, 0.15) is 11.1 Å². The Morgan fingerprint density at radius 1 is 0.529 bits per heavy atom. The Bertz CT molecular complexity index is 1260. The Labute approximate surface area is 233 Å². The Morgan fingerprint density at radius 2 is 0.912 bits per heavy atom. The maximum absolute atomic E-state index is 4.80. The van der Waals surface area contributed by atoms with Crippen LogP contribution in [-0.4, -0.2) is 13.0 Å². The normalized spacial score (nSPS) is 14.9. The third-order valence-electron chi connectivity index (χ3n) is 5.90. The van der Waals surface area contributed by atoms with Gasteiger partial charge >= 0.3 is 0 Å². The van der Waals surface area contributed by atoms with Gasteiger partial charge in [-0.1, -0.05) is 88.0 Å². The highest BCUT2D eigenvalue weighted by Crippen LogP contribution is 2.46. The first-order valence-electron chi connectivity index (χ1n) is 10.6. The Morgan fingerprint density at radius 3 is 1.35 bits per heavy atom. The molecule has 0 aromatic heterocycles. The van der Waals surface area contributed by atoms with E-state index >= 15 is 0 Å². The lowest BCUT2D eigenvalue weighted by atomic mass is 9.86. The molecule has 4 aromatic rings. The quantitative estimate of drug-likeness (QED) is 0.211. The van der Waals surface area contributed by atoms with Gasteiger partial charge in [0.05, 0.1) is 6.34 Å². The van der Waals surface area contributed by atoms with Crippen LogP contribution < -0.4 is 9.80 Å². The van der Waals surface area contributed by atoms with Crippen LogP contribution in [0, 0.1) is 0 Å². The number of halogens is 4. The summed E-state index contributed by atoms with van der Waals surface area (Å²) in [6, 6.07) is 33.9. The van der Waals surface area contributed by atoms with E-state index in [0.717, 1.165) is 40.4 Å².